The van der Waals surface area contributed by atoms with Gasteiger partial charge in [-0.25, -0.2) is 0 Å². The minimum Gasteiger partial charge on any atom is -0.462 e. The van der Waals surface area contributed by atoms with E-state index in [4.69, 9.17) is 9.84 Å². The molecule has 15 heavy (non-hydrogen) atoms. The molecule has 0 bridgehead atoms. The van der Waals surface area contributed by atoms with E-state index in [0.29, 0.717) is 12.3 Å². The highest BCUT2D eigenvalue weighted by Gasteiger charge is 2.14. The Balaban J connectivity index is 3.83. The van der Waals surface area contributed by atoms with Crippen molar-refractivity contribution in [2.75, 3.05) is 13.2 Å². The first-order valence-corrected chi connectivity index (χ1v) is 5.51. The molecule has 1 atom stereocenters. The smallest absolute Gasteiger partial charge is 0.320 e. The van der Waals surface area contributed by atoms with Crippen molar-refractivity contribution in [1.29, 1.82) is 0 Å². The second-order valence-electron chi connectivity index (χ2n) is 4.28. The van der Waals surface area contributed by atoms with Gasteiger partial charge in [-0.15, -0.1) is 0 Å². The van der Waals surface area contributed by atoms with Crippen LogP contribution in [0.15, 0.2) is 0 Å². The highest BCUT2D eigenvalue weighted by atomic mass is 16.5. The molecule has 0 aliphatic heterocycles. The summed E-state index contributed by atoms with van der Waals surface area (Å²) in [6.07, 6.45) is 0.585. The monoisotopic (exact) mass is 217 g/mol. The molecule has 90 valence electrons. The van der Waals surface area contributed by atoms with Crippen molar-refractivity contribution >= 4 is 5.97 Å². The second-order valence-corrected chi connectivity index (χ2v) is 4.28. The highest BCUT2D eigenvalue weighted by molar-refractivity contribution is 5.71. The van der Waals surface area contributed by atoms with Crippen molar-refractivity contribution in [3.63, 3.8) is 0 Å². The average Bonchev–Trinajstić information content (AvgIpc) is 2.10. The molecule has 0 amide bonds. The van der Waals surface area contributed by atoms with Crippen LogP contribution < -0.4 is 5.32 Å². The van der Waals surface area contributed by atoms with E-state index in [1.165, 1.54) is 0 Å². The number of aliphatic hydroxyl groups is 1. The lowest BCUT2D eigenvalue weighted by atomic mass is 10.0. The van der Waals surface area contributed by atoms with Crippen LogP contribution in [-0.4, -0.2) is 36.4 Å². The summed E-state index contributed by atoms with van der Waals surface area (Å²) in [5.41, 5.74) is 0. The summed E-state index contributed by atoms with van der Waals surface area (Å²) in [7, 11) is 0. The lowest BCUT2D eigenvalue weighted by Crippen LogP contribution is -2.39. The maximum absolute atomic E-state index is 11.2. The van der Waals surface area contributed by atoms with Gasteiger partial charge < -0.3 is 15.2 Å². The van der Waals surface area contributed by atoms with E-state index in [9.17, 15) is 4.79 Å². The van der Waals surface area contributed by atoms with E-state index in [-0.39, 0.29) is 31.3 Å². The van der Waals surface area contributed by atoms with Crippen LogP contribution in [0.1, 0.15) is 34.1 Å². The third-order valence-electron chi connectivity index (χ3n) is 2.12. The summed E-state index contributed by atoms with van der Waals surface area (Å²) in [6.45, 7) is 8.11. The highest BCUT2D eigenvalue weighted by Crippen LogP contribution is 2.05. The van der Waals surface area contributed by atoms with Gasteiger partial charge in [0, 0.05) is 12.6 Å². The number of carbonyl (C=O) groups excluding carboxylic acids is 1. The van der Waals surface area contributed by atoms with Crippen LogP contribution in [0.4, 0.5) is 0 Å². The third kappa shape index (κ3) is 7.33. The van der Waals surface area contributed by atoms with Crippen LogP contribution >= 0.6 is 0 Å². The molecule has 0 fully saturated rings. The predicted octanol–water partition coefficient (Wildman–Crippen LogP) is 0.935. The molecule has 0 saturated heterocycles. The number of ether oxygens (including phenoxy) is 1. The molecule has 0 aliphatic rings. The molecule has 0 aliphatic carbocycles. The Morgan fingerprint density at radius 1 is 1.33 bits per heavy atom. The van der Waals surface area contributed by atoms with E-state index in [1.54, 1.807) is 0 Å². The van der Waals surface area contributed by atoms with Crippen molar-refractivity contribution in [2.45, 2.75) is 46.3 Å². The first-order valence-electron chi connectivity index (χ1n) is 5.51. The normalized spacial score (nSPS) is 13.3. The summed E-state index contributed by atoms with van der Waals surface area (Å²) >= 11 is 0. The van der Waals surface area contributed by atoms with Gasteiger partial charge in [0.1, 0.15) is 0 Å². The molecule has 0 aromatic carbocycles. The van der Waals surface area contributed by atoms with Crippen LogP contribution in [0.3, 0.4) is 0 Å². The largest absolute Gasteiger partial charge is 0.462 e. The maximum atomic E-state index is 11.2. The Hall–Kier alpha value is -0.610. The van der Waals surface area contributed by atoms with Crippen LogP contribution in [0.5, 0.6) is 0 Å². The zero-order chi connectivity index (χ0) is 11.8. The Morgan fingerprint density at radius 2 is 1.93 bits per heavy atom. The van der Waals surface area contributed by atoms with Crippen molar-refractivity contribution in [1.82, 2.24) is 5.32 Å². The molecule has 0 rings (SSSR count). The molecular formula is C11H23NO3. The van der Waals surface area contributed by atoms with Crippen LogP contribution in [0.2, 0.25) is 0 Å². The number of esters is 1. The van der Waals surface area contributed by atoms with E-state index in [0.717, 1.165) is 0 Å². The van der Waals surface area contributed by atoms with Crippen LogP contribution in [0.25, 0.3) is 0 Å². The molecule has 0 aromatic rings. The van der Waals surface area contributed by atoms with Crippen molar-refractivity contribution in [3.05, 3.63) is 0 Å². The minimum atomic E-state index is -0.242. The Bertz CT molecular complexity index is 181. The number of hydrogen-bond acceptors (Lipinski definition) is 4. The fourth-order valence-corrected chi connectivity index (χ4v) is 1.33. The quantitative estimate of drug-likeness (QED) is 0.623. The van der Waals surface area contributed by atoms with Crippen molar-refractivity contribution in [2.24, 2.45) is 5.92 Å². The van der Waals surface area contributed by atoms with Gasteiger partial charge >= 0.3 is 5.97 Å². The number of rotatable bonds is 7. The first kappa shape index (κ1) is 14.4. The number of nitrogens with one attached hydrogen (secondary N) is 1. The zero-order valence-corrected chi connectivity index (χ0v) is 10.1. The number of aliphatic hydroxyl groups excluding tert-OH is 1. The van der Waals surface area contributed by atoms with Gasteiger partial charge in [0.05, 0.1) is 12.6 Å². The topological polar surface area (TPSA) is 58.6 Å². The van der Waals surface area contributed by atoms with Gasteiger partial charge in [0.25, 0.3) is 0 Å². The zero-order valence-electron chi connectivity index (χ0n) is 10.1. The van der Waals surface area contributed by atoms with E-state index in [1.807, 2.05) is 13.8 Å². The van der Waals surface area contributed by atoms with Crippen LogP contribution in [0, 0.1) is 5.92 Å². The molecule has 0 saturated carbocycles. The lowest BCUT2D eigenvalue weighted by Gasteiger charge is -2.21. The summed E-state index contributed by atoms with van der Waals surface area (Å²) in [6, 6.07) is 0.162. The summed E-state index contributed by atoms with van der Waals surface area (Å²) in [5.74, 6) is 0.151. The number of hydrogen-bond donors (Lipinski definition) is 2. The second kappa shape index (κ2) is 7.65. The average molecular weight is 217 g/mol. The Kier molecular flexibility index (Phi) is 7.34. The summed E-state index contributed by atoms with van der Waals surface area (Å²) in [4.78, 5) is 11.2. The molecule has 0 aromatic heterocycles. The van der Waals surface area contributed by atoms with Gasteiger partial charge in [-0.2, -0.15) is 0 Å². The van der Waals surface area contributed by atoms with Crippen molar-refractivity contribution < 1.29 is 14.6 Å². The van der Waals surface area contributed by atoms with Gasteiger partial charge in [-0.3, -0.25) is 4.79 Å². The predicted molar refractivity (Wildman–Crippen MR) is 59.6 cm³/mol. The van der Waals surface area contributed by atoms with Crippen molar-refractivity contribution in [3.8, 4) is 0 Å². The molecule has 2 N–H and O–H groups in total. The van der Waals surface area contributed by atoms with Gasteiger partial charge in [-0.05, 0) is 26.2 Å². The minimum absolute atomic E-state index is 0.0744. The molecular weight excluding hydrogens is 194 g/mol. The fraction of sp³-hybridized carbons (Fsp3) is 0.909. The van der Waals surface area contributed by atoms with Crippen LogP contribution in [-0.2, 0) is 9.53 Å². The summed E-state index contributed by atoms with van der Waals surface area (Å²) < 4.78 is 4.99. The first-order chi connectivity index (χ1) is 6.97. The number of carbonyl (C=O) groups is 1. The molecule has 4 nitrogen and oxygen atoms in total. The van der Waals surface area contributed by atoms with E-state index >= 15 is 0 Å². The Labute approximate surface area is 92.0 Å². The molecule has 0 heterocycles. The standard InChI is InChI=1S/C11H23NO3/c1-8(2)10(5-6-13)12-7-11(14)15-9(3)4/h8-10,12-13H,5-7H2,1-4H3. The molecule has 0 spiro atoms. The van der Waals surface area contributed by atoms with Gasteiger partial charge in [0.15, 0.2) is 0 Å². The fourth-order valence-electron chi connectivity index (χ4n) is 1.33. The third-order valence-corrected chi connectivity index (χ3v) is 2.12. The SMILES string of the molecule is CC(C)OC(=O)CNC(CCO)C(C)C. The van der Waals surface area contributed by atoms with Gasteiger partial charge in [0.2, 0.25) is 0 Å². The Morgan fingerprint density at radius 3 is 2.33 bits per heavy atom. The lowest BCUT2D eigenvalue weighted by molar-refractivity contribution is -0.146. The maximum Gasteiger partial charge on any atom is 0.320 e. The summed E-state index contributed by atoms with van der Waals surface area (Å²) in [5, 5.41) is 11.9. The molecule has 4 heteroatoms. The van der Waals surface area contributed by atoms with E-state index in [2.05, 4.69) is 19.2 Å². The van der Waals surface area contributed by atoms with E-state index < -0.39 is 0 Å². The molecule has 1 unspecified atom stereocenters. The van der Waals surface area contributed by atoms with Gasteiger partial charge in [-0.1, -0.05) is 13.8 Å². The molecule has 0 radical (unpaired) electrons.